The number of carbonyl (C=O) groups is 3. The first kappa shape index (κ1) is 18.5. The van der Waals surface area contributed by atoms with E-state index < -0.39 is 5.91 Å². The van der Waals surface area contributed by atoms with Gasteiger partial charge in [-0.15, -0.1) is 0 Å². The van der Waals surface area contributed by atoms with Crippen LogP contribution in [-0.2, 0) is 29.1 Å². The fourth-order valence-electron chi connectivity index (χ4n) is 2.74. The zero-order chi connectivity index (χ0) is 18.7. The monoisotopic (exact) mass is 467 g/mol. The minimum Gasteiger partial charge on any atom is -0.350 e. The van der Waals surface area contributed by atoms with Crippen molar-refractivity contribution in [3.63, 3.8) is 0 Å². The Hall–Kier alpha value is -2.30. The Labute approximate surface area is 164 Å². The average Bonchev–Trinajstić information content (AvgIpc) is 3.05. The molecule has 3 amide bonds. The lowest BCUT2D eigenvalue weighted by Crippen LogP contribution is -2.41. The largest absolute Gasteiger partial charge is 0.350 e. The number of carbonyl (C=O) groups excluding carboxylic acids is 3. The number of aryl methyl sites for hydroxylation is 1. The third-order valence-corrected chi connectivity index (χ3v) is 5.36. The molecule has 0 aliphatic carbocycles. The first-order chi connectivity index (χ1) is 12.5. The SMILES string of the molecule is CN1C(=O)c2c(ncn2CC(=O)NCc2ccncc2)CCC(I)C1=O. The number of rotatable bonds is 4. The molecule has 0 aromatic carbocycles. The van der Waals surface area contributed by atoms with E-state index in [1.807, 2.05) is 34.7 Å². The summed E-state index contributed by atoms with van der Waals surface area (Å²) in [5, 5.41) is 2.81. The number of pyridine rings is 1. The third-order valence-electron chi connectivity index (χ3n) is 4.21. The summed E-state index contributed by atoms with van der Waals surface area (Å²) in [7, 11) is 1.46. The second kappa shape index (κ2) is 7.94. The molecule has 0 saturated heterocycles. The molecule has 0 spiro atoms. The maximum absolute atomic E-state index is 12.7. The number of hydrogen-bond acceptors (Lipinski definition) is 5. The van der Waals surface area contributed by atoms with Crippen LogP contribution in [0, 0.1) is 0 Å². The normalized spacial score (nSPS) is 17.5. The molecule has 0 saturated carbocycles. The van der Waals surface area contributed by atoms with Crippen LogP contribution in [0.3, 0.4) is 0 Å². The van der Waals surface area contributed by atoms with Gasteiger partial charge in [0.05, 0.1) is 15.9 Å². The minimum atomic E-state index is -0.425. The van der Waals surface area contributed by atoms with Crippen molar-refractivity contribution in [3.05, 3.63) is 47.8 Å². The number of fused-ring (bicyclic) bond motifs is 1. The molecule has 8 nitrogen and oxygen atoms in total. The van der Waals surface area contributed by atoms with Crippen molar-refractivity contribution in [2.24, 2.45) is 0 Å². The number of alkyl halides is 1. The molecule has 136 valence electrons. The lowest BCUT2D eigenvalue weighted by molar-refractivity contribution is -0.126. The molecule has 2 aromatic rings. The summed E-state index contributed by atoms with van der Waals surface area (Å²) in [5.74, 6) is -0.889. The van der Waals surface area contributed by atoms with Crippen LogP contribution in [0.4, 0.5) is 0 Å². The first-order valence-electron chi connectivity index (χ1n) is 8.13. The van der Waals surface area contributed by atoms with Crippen LogP contribution in [0.25, 0.3) is 0 Å². The summed E-state index contributed by atoms with van der Waals surface area (Å²) < 4.78 is 1.25. The van der Waals surface area contributed by atoms with Gasteiger partial charge in [0.15, 0.2) is 0 Å². The van der Waals surface area contributed by atoms with Crippen molar-refractivity contribution in [2.75, 3.05) is 7.05 Å². The maximum atomic E-state index is 12.7. The van der Waals surface area contributed by atoms with Gasteiger partial charge in [0.2, 0.25) is 11.8 Å². The molecule has 0 radical (unpaired) electrons. The van der Waals surface area contributed by atoms with Gasteiger partial charge in [0.1, 0.15) is 12.2 Å². The number of imidazole rings is 1. The Balaban J connectivity index is 1.74. The summed E-state index contributed by atoms with van der Waals surface area (Å²) in [4.78, 5) is 46.5. The van der Waals surface area contributed by atoms with Crippen LogP contribution in [0.2, 0.25) is 0 Å². The molecule has 1 atom stereocenters. The van der Waals surface area contributed by atoms with Crippen molar-refractivity contribution in [2.45, 2.75) is 29.9 Å². The molecule has 0 fully saturated rings. The van der Waals surface area contributed by atoms with Gasteiger partial charge in [0.25, 0.3) is 5.91 Å². The maximum Gasteiger partial charge on any atom is 0.278 e. The summed E-state index contributed by atoms with van der Waals surface area (Å²) in [6.07, 6.45) is 5.94. The number of nitrogens with zero attached hydrogens (tertiary/aromatic N) is 4. The Kier molecular flexibility index (Phi) is 5.64. The predicted molar refractivity (Wildman–Crippen MR) is 102 cm³/mol. The first-order valence-corrected chi connectivity index (χ1v) is 9.37. The van der Waals surface area contributed by atoms with Gasteiger partial charge < -0.3 is 9.88 Å². The zero-order valence-electron chi connectivity index (χ0n) is 14.2. The highest BCUT2D eigenvalue weighted by atomic mass is 127. The van der Waals surface area contributed by atoms with Crippen molar-refractivity contribution < 1.29 is 14.4 Å². The van der Waals surface area contributed by atoms with Crippen molar-refractivity contribution >= 4 is 40.3 Å². The molecule has 1 unspecified atom stereocenters. The van der Waals surface area contributed by atoms with Crippen LogP contribution in [0.5, 0.6) is 0 Å². The Bertz CT molecular complexity index is 836. The third kappa shape index (κ3) is 3.92. The number of halogens is 1. The van der Waals surface area contributed by atoms with E-state index in [9.17, 15) is 14.4 Å². The number of hydrogen-bond donors (Lipinski definition) is 1. The highest BCUT2D eigenvalue weighted by Gasteiger charge is 2.32. The quantitative estimate of drug-likeness (QED) is 0.410. The second-order valence-corrected chi connectivity index (χ2v) is 7.51. The summed E-state index contributed by atoms with van der Waals surface area (Å²) in [6.45, 7) is 0.343. The average molecular weight is 467 g/mol. The molecule has 26 heavy (non-hydrogen) atoms. The Morgan fingerprint density at radius 3 is 2.81 bits per heavy atom. The van der Waals surface area contributed by atoms with E-state index in [1.54, 1.807) is 12.4 Å². The van der Waals surface area contributed by atoms with Crippen LogP contribution in [0.1, 0.15) is 28.2 Å². The highest BCUT2D eigenvalue weighted by molar-refractivity contribution is 14.1. The summed E-state index contributed by atoms with van der Waals surface area (Å²) >= 11 is 2.05. The lowest BCUT2D eigenvalue weighted by atomic mass is 10.1. The highest BCUT2D eigenvalue weighted by Crippen LogP contribution is 2.21. The van der Waals surface area contributed by atoms with E-state index >= 15 is 0 Å². The molecule has 1 N–H and O–H groups in total. The van der Waals surface area contributed by atoms with Crippen LogP contribution in [0.15, 0.2) is 30.9 Å². The fourth-order valence-corrected chi connectivity index (χ4v) is 3.47. The smallest absolute Gasteiger partial charge is 0.278 e. The van der Waals surface area contributed by atoms with Gasteiger partial charge in [-0.05, 0) is 30.5 Å². The molecule has 3 heterocycles. The lowest BCUT2D eigenvalue weighted by Gasteiger charge is -2.22. The van der Waals surface area contributed by atoms with Gasteiger partial charge in [-0.2, -0.15) is 0 Å². The minimum absolute atomic E-state index is 0.0329. The number of aromatic nitrogens is 3. The van der Waals surface area contributed by atoms with E-state index in [2.05, 4.69) is 15.3 Å². The standard InChI is InChI=1S/C17H18IN5O3/c1-22-16(25)12(18)2-3-13-15(17(22)26)23(10-21-13)9-14(24)20-8-11-4-6-19-7-5-11/h4-7,10,12H,2-3,8-9H2,1H3,(H,20,24). The van der Waals surface area contributed by atoms with E-state index in [4.69, 9.17) is 0 Å². The molecule has 2 aromatic heterocycles. The molecule has 9 heteroatoms. The molecule has 3 rings (SSSR count). The second-order valence-electron chi connectivity index (χ2n) is 6.01. The van der Waals surface area contributed by atoms with Crippen LogP contribution < -0.4 is 5.32 Å². The summed E-state index contributed by atoms with van der Waals surface area (Å²) in [5.41, 5.74) is 1.87. The van der Waals surface area contributed by atoms with Crippen molar-refractivity contribution in [1.29, 1.82) is 0 Å². The number of imide groups is 1. The van der Waals surface area contributed by atoms with Gasteiger partial charge in [-0.3, -0.25) is 24.3 Å². The molecule has 0 bridgehead atoms. The number of nitrogens with one attached hydrogen (secondary N) is 1. The van der Waals surface area contributed by atoms with Crippen molar-refractivity contribution in [1.82, 2.24) is 24.8 Å². The number of amides is 3. The van der Waals surface area contributed by atoms with Crippen molar-refractivity contribution in [3.8, 4) is 0 Å². The van der Waals surface area contributed by atoms with E-state index in [1.165, 1.54) is 17.9 Å². The van der Waals surface area contributed by atoms with Gasteiger partial charge >= 0.3 is 0 Å². The van der Waals surface area contributed by atoms with Gasteiger partial charge in [0, 0.05) is 26.0 Å². The van der Waals surface area contributed by atoms with Gasteiger partial charge in [-0.25, -0.2) is 4.98 Å². The molecule has 1 aliphatic heterocycles. The Morgan fingerprint density at radius 2 is 2.08 bits per heavy atom. The van der Waals surface area contributed by atoms with Gasteiger partial charge in [-0.1, -0.05) is 22.6 Å². The van der Waals surface area contributed by atoms with E-state index in [0.717, 1.165) is 10.5 Å². The van der Waals surface area contributed by atoms with Crippen LogP contribution >= 0.6 is 22.6 Å². The fraction of sp³-hybridized carbons (Fsp3) is 0.353. The van der Waals surface area contributed by atoms with E-state index in [-0.39, 0.29) is 22.3 Å². The molecular weight excluding hydrogens is 449 g/mol. The zero-order valence-corrected chi connectivity index (χ0v) is 16.3. The predicted octanol–water partition coefficient (Wildman–Crippen LogP) is 0.943. The van der Waals surface area contributed by atoms with Crippen LogP contribution in [-0.4, -0.2) is 48.1 Å². The molecule has 1 aliphatic rings. The van der Waals surface area contributed by atoms with E-state index in [0.29, 0.717) is 30.8 Å². The summed E-state index contributed by atoms with van der Waals surface area (Å²) in [6, 6.07) is 3.63. The Morgan fingerprint density at radius 1 is 1.35 bits per heavy atom. The molecular formula is C17H18IN5O3. The topological polar surface area (TPSA) is 97.2 Å².